The van der Waals surface area contributed by atoms with Gasteiger partial charge >= 0.3 is 0 Å². The van der Waals surface area contributed by atoms with Crippen molar-refractivity contribution in [3.8, 4) is 16.9 Å². The molecule has 0 aliphatic carbocycles. The molecule has 1 aliphatic heterocycles. The maximum absolute atomic E-state index is 12.6. The maximum Gasteiger partial charge on any atom is 0.255 e. The van der Waals surface area contributed by atoms with Crippen molar-refractivity contribution < 1.29 is 4.79 Å². The molecule has 1 fully saturated rings. The van der Waals surface area contributed by atoms with Gasteiger partial charge < -0.3 is 4.90 Å². The van der Waals surface area contributed by atoms with Gasteiger partial charge in [-0.25, -0.2) is 4.68 Å². The quantitative estimate of drug-likeness (QED) is 0.666. The third-order valence-electron chi connectivity index (χ3n) is 5.36. The lowest BCUT2D eigenvalue weighted by Crippen LogP contribution is -2.35. The van der Waals surface area contributed by atoms with Crippen LogP contribution in [0.1, 0.15) is 54.9 Å². The zero-order valence-corrected chi connectivity index (χ0v) is 16.5. The SMILES string of the molecule is CC(C)c1ccc(-n2cc(-c3ccc(C(=O)N4CCCCC4)cn3)cn2)cc1. The standard InChI is InChI=1S/C23H26N4O/c1-17(2)18-6-9-21(10-7-18)27-16-20(15-25-27)22-11-8-19(14-24-22)23(28)26-12-4-3-5-13-26/h6-11,14-17H,3-5,12-13H2,1-2H3. The Hall–Kier alpha value is -2.95. The number of piperidine rings is 1. The van der Waals surface area contributed by atoms with Gasteiger partial charge in [-0.2, -0.15) is 5.10 Å². The van der Waals surface area contributed by atoms with E-state index in [1.807, 2.05) is 34.1 Å². The van der Waals surface area contributed by atoms with Gasteiger partial charge in [0.05, 0.1) is 23.1 Å². The molecule has 2 aromatic heterocycles. The summed E-state index contributed by atoms with van der Waals surface area (Å²) in [5, 5.41) is 4.47. The molecule has 0 unspecified atom stereocenters. The fraction of sp³-hybridized carbons (Fsp3) is 0.348. The van der Waals surface area contributed by atoms with Gasteiger partial charge in [0.1, 0.15) is 0 Å². The van der Waals surface area contributed by atoms with Crippen LogP contribution in [0.2, 0.25) is 0 Å². The molecule has 0 radical (unpaired) electrons. The molecule has 1 saturated heterocycles. The van der Waals surface area contributed by atoms with E-state index in [4.69, 9.17) is 0 Å². The van der Waals surface area contributed by atoms with Gasteiger partial charge in [-0.15, -0.1) is 0 Å². The molecule has 0 atom stereocenters. The highest BCUT2D eigenvalue weighted by Crippen LogP contribution is 2.21. The van der Waals surface area contributed by atoms with Crippen molar-refractivity contribution in [3.05, 3.63) is 66.1 Å². The first-order valence-corrected chi connectivity index (χ1v) is 10.0. The number of carbonyl (C=O) groups excluding carboxylic acids is 1. The van der Waals surface area contributed by atoms with Crippen LogP contribution in [-0.2, 0) is 0 Å². The van der Waals surface area contributed by atoms with E-state index in [-0.39, 0.29) is 5.91 Å². The van der Waals surface area contributed by atoms with Crippen LogP contribution in [0.4, 0.5) is 0 Å². The summed E-state index contributed by atoms with van der Waals surface area (Å²) in [6.07, 6.45) is 8.86. The Bertz CT molecular complexity index is 935. The lowest BCUT2D eigenvalue weighted by molar-refractivity contribution is 0.0724. The van der Waals surface area contributed by atoms with E-state index in [1.165, 1.54) is 12.0 Å². The Morgan fingerprint density at radius 3 is 2.36 bits per heavy atom. The Morgan fingerprint density at radius 2 is 1.71 bits per heavy atom. The zero-order chi connectivity index (χ0) is 19.5. The van der Waals surface area contributed by atoms with Crippen LogP contribution in [0.5, 0.6) is 0 Å². The molecule has 0 bridgehead atoms. The normalized spacial score (nSPS) is 14.5. The summed E-state index contributed by atoms with van der Waals surface area (Å²) in [5.74, 6) is 0.595. The van der Waals surface area contributed by atoms with Crippen molar-refractivity contribution in [3.63, 3.8) is 0 Å². The van der Waals surface area contributed by atoms with Gasteiger partial charge in [0.2, 0.25) is 0 Å². The molecular weight excluding hydrogens is 348 g/mol. The Morgan fingerprint density at radius 1 is 0.964 bits per heavy atom. The molecule has 1 aliphatic rings. The van der Waals surface area contributed by atoms with Crippen molar-refractivity contribution in [2.45, 2.75) is 39.0 Å². The summed E-state index contributed by atoms with van der Waals surface area (Å²) in [5.41, 5.74) is 4.74. The van der Waals surface area contributed by atoms with Crippen LogP contribution in [0.15, 0.2) is 55.0 Å². The van der Waals surface area contributed by atoms with E-state index in [1.54, 1.807) is 6.20 Å². The van der Waals surface area contributed by atoms with Crippen molar-refractivity contribution in [2.75, 3.05) is 13.1 Å². The number of amides is 1. The summed E-state index contributed by atoms with van der Waals surface area (Å²) in [6.45, 7) is 6.07. The second-order valence-corrected chi connectivity index (χ2v) is 7.70. The minimum atomic E-state index is 0.0830. The number of aromatic nitrogens is 3. The van der Waals surface area contributed by atoms with Gasteiger partial charge in [0.15, 0.2) is 0 Å². The first-order chi connectivity index (χ1) is 13.6. The number of pyridine rings is 1. The van der Waals surface area contributed by atoms with Gasteiger partial charge in [-0.1, -0.05) is 26.0 Å². The molecule has 4 rings (SSSR count). The molecule has 3 heterocycles. The van der Waals surface area contributed by atoms with Crippen molar-refractivity contribution in [1.29, 1.82) is 0 Å². The van der Waals surface area contributed by atoms with Gasteiger partial charge in [-0.3, -0.25) is 9.78 Å². The molecule has 0 N–H and O–H groups in total. The monoisotopic (exact) mass is 374 g/mol. The van der Waals surface area contributed by atoms with E-state index in [0.29, 0.717) is 11.5 Å². The van der Waals surface area contributed by atoms with Crippen LogP contribution in [-0.4, -0.2) is 38.7 Å². The fourth-order valence-electron chi connectivity index (χ4n) is 3.58. The summed E-state index contributed by atoms with van der Waals surface area (Å²) >= 11 is 0. The van der Waals surface area contributed by atoms with Crippen LogP contribution in [0.25, 0.3) is 16.9 Å². The minimum Gasteiger partial charge on any atom is -0.339 e. The van der Waals surface area contributed by atoms with Crippen molar-refractivity contribution in [2.24, 2.45) is 0 Å². The van der Waals surface area contributed by atoms with Crippen LogP contribution < -0.4 is 0 Å². The maximum atomic E-state index is 12.6. The molecule has 0 spiro atoms. The van der Waals surface area contributed by atoms with E-state index in [2.05, 4.69) is 48.2 Å². The van der Waals surface area contributed by atoms with E-state index in [9.17, 15) is 4.79 Å². The largest absolute Gasteiger partial charge is 0.339 e. The number of likely N-dealkylation sites (tertiary alicyclic amines) is 1. The summed E-state index contributed by atoms with van der Waals surface area (Å²) in [7, 11) is 0. The molecule has 5 nitrogen and oxygen atoms in total. The van der Waals surface area contributed by atoms with E-state index >= 15 is 0 Å². The highest BCUT2D eigenvalue weighted by atomic mass is 16.2. The Kier molecular flexibility index (Phi) is 5.24. The number of nitrogens with zero attached hydrogens (tertiary/aromatic N) is 4. The second-order valence-electron chi connectivity index (χ2n) is 7.70. The lowest BCUT2D eigenvalue weighted by atomic mass is 10.0. The number of rotatable bonds is 4. The van der Waals surface area contributed by atoms with Gasteiger partial charge in [0.25, 0.3) is 5.91 Å². The molecule has 3 aromatic rings. The summed E-state index contributed by atoms with van der Waals surface area (Å²) in [6, 6.07) is 12.2. The van der Waals surface area contributed by atoms with Crippen LogP contribution in [0, 0.1) is 0 Å². The minimum absolute atomic E-state index is 0.0830. The molecular formula is C23H26N4O. The molecule has 5 heteroatoms. The first-order valence-electron chi connectivity index (χ1n) is 10.0. The highest BCUT2D eigenvalue weighted by Gasteiger charge is 2.18. The van der Waals surface area contributed by atoms with Crippen LogP contribution in [0.3, 0.4) is 0 Å². The average molecular weight is 374 g/mol. The predicted molar refractivity (Wildman–Crippen MR) is 111 cm³/mol. The fourth-order valence-corrected chi connectivity index (χ4v) is 3.58. The van der Waals surface area contributed by atoms with Crippen LogP contribution >= 0.6 is 0 Å². The number of hydrogen-bond acceptors (Lipinski definition) is 3. The number of benzene rings is 1. The van der Waals surface area contributed by atoms with Gasteiger partial charge in [-0.05, 0) is 55.0 Å². The molecule has 144 valence electrons. The average Bonchev–Trinajstić information content (AvgIpc) is 3.24. The zero-order valence-electron chi connectivity index (χ0n) is 16.5. The third-order valence-corrected chi connectivity index (χ3v) is 5.36. The number of hydrogen-bond donors (Lipinski definition) is 0. The van der Waals surface area contributed by atoms with Crippen molar-refractivity contribution >= 4 is 5.91 Å². The molecule has 1 amide bonds. The smallest absolute Gasteiger partial charge is 0.255 e. The predicted octanol–water partition coefficient (Wildman–Crippen LogP) is 4.68. The van der Waals surface area contributed by atoms with Crippen molar-refractivity contribution in [1.82, 2.24) is 19.7 Å². The highest BCUT2D eigenvalue weighted by molar-refractivity contribution is 5.94. The Labute approximate surface area is 166 Å². The molecule has 1 aromatic carbocycles. The first kappa shape index (κ1) is 18.4. The Balaban J connectivity index is 1.50. The van der Waals surface area contributed by atoms with Gasteiger partial charge in [0, 0.05) is 31.0 Å². The van der Waals surface area contributed by atoms with E-state index in [0.717, 1.165) is 42.9 Å². The number of carbonyl (C=O) groups is 1. The molecule has 0 saturated carbocycles. The summed E-state index contributed by atoms with van der Waals surface area (Å²) in [4.78, 5) is 19.0. The summed E-state index contributed by atoms with van der Waals surface area (Å²) < 4.78 is 1.86. The third kappa shape index (κ3) is 3.84. The van der Waals surface area contributed by atoms with E-state index < -0.39 is 0 Å². The lowest BCUT2D eigenvalue weighted by Gasteiger charge is -2.26. The molecule has 28 heavy (non-hydrogen) atoms. The topological polar surface area (TPSA) is 51.0 Å². The second kappa shape index (κ2) is 7.97.